The highest BCUT2D eigenvalue weighted by molar-refractivity contribution is 7.80. The van der Waals surface area contributed by atoms with E-state index >= 15 is 0 Å². The van der Waals surface area contributed by atoms with Crippen LogP contribution in [-0.2, 0) is 0 Å². The topological polar surface area (TPSA) is 23.8 Å². The standard InChI is InChI=1S/C7H5NS/c8-5-6-3-1-2-4-7(6)9/h1-4,6H. The molecule has 0 N–H and O–H groups in total. The Bertz CT molecular complexity index is 220. The van der Waals surface area contributed by atoms with E-state index in [1.54, 1.807) is 12.2 Å². The quantitative estimate of drug-likeness (QED) is 0.471. The summed E-state index contributed by atoms with van der Waals surface area (Å²) in [6.07, 6.45) is 7.26. The fourth-order valence-corrected chi connectivity index (χ4v) is 0.841. The van der Waals surface area contributed by atoms with E-state index in [4.69, 9.17) is 17.5 Å². The molecule has 1 rings (SSSR count). The lowest BCUT2D eigenvalue weighted by Gasteiger charge is -2.02. The SMILES string of the molecule is N#CC1C=CC=CC1=S. The maximum Gasteiger partial charge on any atom is 0.0997 e. The van der Waals surface area contributed by atoms with Crippen LogP contribution < -0.4 is 0 Å². The van der Waals surface area contributed by atoms with Crippen molar-refractivity contribution < 1.29 is 0 Å². The first kappa shape index (κ1) is 6.18. The predicted molar refractivity (Wildman–Crippen MR) is 40.0 cm³/mol. The minimum atomic E-state index is -0.176. The molecule has 0 aromatic carbocycles. The Kier molecular flexibility index (Phi) is 1.76. The van der Waals surface area contributed by atoms with Gasteiger partial charge in [-0.1, -0.05) is 30.4 Å². The normalized spacial score (nSPS) is 23.9. The second kappa shape index (κ2) is 2.56. The Balaban J connectivity index is 2.81. The van der Waals surface area contributed by atoms with Crippen molar-refractivity contribution in [2.45, 2.75) is 0 Å². The Morgan fingerprint density at radius 3 is 2.78 bits per heavy atom. The molecule has 0 amide bonds. The summed E-state index contributed by atoms with van der Waals surface area (Å²) in [5, 5.41) is 8.44. The fourth-order valence-electron chi connectivity index (χ4n) is 0.631. The number of thiocarbonyl (C=S) groups is 1. The van der Waals surface area contributed by atoms with E-state index in [1.165, 1.54) is 0 Å². The summed E-state index contributed by atoms with van der Waals surface area (Å²) < 4.78 is 0. The highest BCUT2D eigenvalue weighted by atomic mass is 32.1. The van der Waals surface area contributed by atoms with E-state index in [-0.39, 0.29) is 5.92 Å². The monoisotopic (exact) mass is 135 g/mol. The second-order valence-corrected chi connectivity index (χ2v) is 2.22. The van der Waals surface area contributed by atoms with Crippen LogP contribution in [0.5, 0.6) is 0 Å². The Labute approximate surface area is 59.3 Å². The zero-order valence-corrected chi connectivity index (χ0v) is 5.56. The fraction of sp³-hybridized carbons (Fsp3) is 0.143. The van der Waals surface area contributed by atoms with E-state index in [2.05, 4.69) is 6.07 Å². The van der Waals surface area contributed by atoms with Crippen molar-refractivity contribution in [3.63, 3.8) is 0 Å². The number of hydrogen-bond acceptors (Lipinski definition) is 2. The van der Waals surface area contributed by atoms with Crippen molar-refractivity contribution in [3.05, 3.63) is 24.3 Å². The van der Waals surface area contributed by atoms with Crippen LogP contribution in [0.15, 0.2) is 24.3 Å². The molecule has 1 atom stereocenters. The van der Waals surface area contributed by atoms with Gasteiger partial charge in [0.1, 0.15) is 0 Å². The van der Waals surface area contributed by atoms with Crippen molar-refractivity contribution in [2.24, 2.45) is 5.92 Å². The summed E-state index contributed by atoms with van der Waals surface area (Å²) in [6.45, 7) is 0. The van der Waals surface area contributed by atoms with Crippen LogP contribution in [0, 0.1) is 17.2 Å². The Hall–Kier alpha value is -0.940. The molecule has 0 bridgehead atoms. The molecule has 9 heavy (non-hydrogen) atoms. The average molecular weight is 135 g/mol. The van der Waals surface area contributed by atoms with Crippen LogP contribution in [0.1, 0.15) is 0 Å². The third kappa shape index (κ3) is 1.24. The van der Waals surface area contributed by atoms with Crippen molar-refractivity contribution >= 4 is 17.1 Å². The molecule has 0 fully saturated rings. The zero-order chi connectivity index (χ0) is 6.69. The molecule has 1 aliphatic carbocycles. The van der Waals surface area contributed by atoms with E-state index < -0.39 is 0 Å². The number of rotatable bonds is 0. The number of hydrogen-bond donors (Lipinski definition) is 0. The van der Waals surface area contributed by atoms with Gasteiger partial charge in [-0.15, -0.1) is 0 Å². The maximum absolute atomic E-state index is 8.44. The van der Waals surface area contributed by atoms with Crippen LogP contribution >= 0.6 is 12.2 Å². The summed E-state index contributed by atoms with van der Waals surface area (Å²) in [4.78, 5) is 0.708. The van der Waals surface area contributed by atoms with Gasteiger partial charge in [0.05, 0.1) is 12.0 Å². The number of nitrogens with zero attached hydrogens (tertiary/aromatic N) is 1. The zero-order valence-electron chi connectivity index (χ0n) is 4.74. The molecule has 1 unspecified atom stereocenters. The van der Waals surface area contributed by atoms with Gasteiger partial charge in [-0.05, 0) is 6.08 Å². The lowest BCUT2D eigenvalue weighted by atomic mass is 10.0. The van der Waals surface area contributed by atoms with Crippen LogP contribution in [-0.4, -0.2) is 4.86 Å². The summed E-state index contributed by atoms with van der Waals surface area (Å²) >= 11 is 4.87. The second-order valence-electron chi connectivity index (χ2n) is 1.75. The Morgan fingerprint density at radius 1 is 1.56 bits per heavy atom. The van der Waals surface area contributed by atoms with E-state index in [0.29, 0.717) is 4.86 Å². The minimum Gasteiger partial charge on any atom is -0.197 e. The van der Waals surface area contributed by atoms with Crippen LogP contribution in [0.2, 0.25) is 0 Å². The molecule has 0 radical (unpaired) electrons. The lowest BCUT2D eigenvalue weighted by molar-refractivity contribution is 1.16. The van der Waals surface area contributed by atoms with Gasteiger partial charge in [-0.2, -0.15) is 5.26 Å². The van der Waals surface area contributed by atoms with Crippen LogP contribution in [0.25, 0.3) is 0 Å². The molecule has 1 nitrogen and oxygen atoms in total. The van der Waals surface area contributed by atoms with Gasteiger partial charge < -0.3 is 0 Å². The van der Waals surface area contributed by atoms with Gasteiger partial charge in [0.25, 0.3) is 0 Å². The molecule has 2 heteroatoms. The molecule has 44 valence electrons. The molecule has 0 aliphatic heterocycles. The van der Waals surface area contributed by atoms with Gasteiger partial charge in [0.2, 0.25) is 0 Å². The smallest absolute Gasteiger partial charge is 0.0997 e. The summed E-state index contributed by atoms with van der Waals surface area (Å²) in [7, 11) is 0. The van der Waals surface area contributed by atoms with Crippen LogP contribution in [0.3, 0.4) is 0 Å². The first-order chi connectivity index (χ1) is 4.34. The largest absolute Gasteiger partial charge is 0.197 e. The van der Waals surface area contributed by atoms with E-state index in [9.17, 15) is 0 Å². The molecule has 1 aliphatic rings. The minimum absolute atomic E-state index is 0.176. The maximum atomic E-state index is 8.44. The first-order valence-electron chi connectivity index (χ1n) is 2.63. The third-order valence-electron chi connectivity index (χ3n) is 1.12. The molecule has 0 aromatic rings. The first-order valence-corrected chi connectivity index (χ1v) is 3.04. The highest BCUT2D eigenvalue weighted by Crippen LogP contribution is 2.07. The van der Waals surface area contributed by atoms with Crippen molar-refractivity contribution in [1.29, 1.82) is 5.26 Å². The van der Waals surface area contributed by atoms with Gasteiger partial charge in [-0.25, -0.2) is 0 Å². The van der Waals surface area contributed by atoms with Gasteiger partial charge in [0.15, 0.2) is 0 Å². The summed E-state index contributed by atoms with van der Waals surface area (Å²) in [5.41, 5.74) is 0. The van der Waals surface area contributed by atoms with Crippen LogP contribution in [0.4, 0.5) is 0 Å². The number of allylic oxidation sites excluding steroid dienone is 4. The van der Waals surface area contributed by atoms with Crippen molar-refractivity contribution in [2.75, 3.05) is 0 Å². The van der Waals surface area contributed by atoms with E-state index in [1.807, 2.05) is 12.2 Å². The van der Waals surface area contributed by atoms with Crippen molar-refractivity contribution in [3.8, 4) is 6.07 Å². The van der Waals surface area contributed by atoms with E-state index in [0.717, 1.165) is 0 Å². The lowest BCUT2D eigenvalue weighted by Crippen LogP contribution is -2.05. The molecular weight excluding hydrogens is 130 g/mol. The predicted octanol–water partition coefficient (Wildman–Crippen LogP) is 1.62. The molecule has 0 spiro atoms. The van der Waals surface area contributed by atoms with Gasteiger partial charge in [0, 0.05) is 4.86 Å². The summed E-state index contributed by atoms with van der Waals surface area (Å²) in [6, 6.07) is 2.07. The molecule has 0 aromatic heterocycles. The highest BCUT2D eigenvalue weighted by Gasteiger charge is 2.07. The molecule has 0 saturated carbocycles. The van der Waals surface area contributed by atoms with Gasteiger partial charge in [-0.3, -0.25) is 0 Å². The van der Waals surface area contributed by atoms with Gasteiger partial charge >= 0.3 is 0 Å². The third-order valence-corrected chi connectivity index (χ3v) is 1.51. The molecule has 0 saturated heterocycles. The average Bonchev–Trinajstić information content (AvgIpc) is 1.89. The summed E-state index contributed by atoms with van der Waals surface area (Å²) in [5.74, 6) is -0.176. The number of nitriles is 1. The molecular formula is C7H5NS. The molecule has 0 heterocycles. The van der Waals surface area contributed by atoms with Crippen molar-refractivity contribution in [1.82, 2.24) is 0 Å². The Morgan fingerprint density at radius 2 is 2.33 bits per heavy atom.